The highest BCUT2D eigenvalue weighted by atomic mass is 32.2. The van der Waals surface area contributed by atoms with Gasteiger partial charge < -0.3 is 5.32 Å². The van der Waals surface area contributed by atoms with E-state index in [-0.39, 0.29) is 11.8 Å². The number of hydrogen-bond donors (Lipinski definition) is 2. The van der Waals surface area contributed by atoms with E-state index in [9.17, 15) is 8.42 Å². The molecule has 0 bridgehead atoms. The van der Waals surface area contributed by atoms with Crippen molar-refractivity contribution in [3.63, 3.8) is 0 Å². The molecule has 0 saturated heterocycles. The van der Waals surface area contributed by atoms with E-state index in [4.69, 9.17) is 5.14 Å². The highest BCUT2D eigenvalue weighted by Gasteiger charge is 2.05. The van der Waals surface area contributed by atoms with Crippen molar-refractivity contribution in [1.82, 2.24) is 5.32 Å². The molecule has 0 amide bonds. The molecule has 16 heavy (non-hydrogen) atoms. The summed E-state index contributed by atoms with van der Waals surface area (Å²) in [6.45, 7) is 2.42. The highest BCUT2D eigenvalue weighted by molar-refractivity contribution is 7.89. The lowest BCUT2D eigenvalue weighted by molar-refractivity contribution is 0.554. The summed E-state index contributed by atoms with van der Waals surface area (Å²) in [7, 11) is -3.36. The first kappa shape index (κ1) is 13.2. The van der Waals surface area contributed by atoms with Crippen LogP contribution < -0.4 is 10.5 Å². The normalized spacial score (nSPS) is 13.6. The van der Waals surface area contributed by atoms with Crippen LogP contribution in [0.2, 0.25) is 0 Å². The number of nitrogens with one attached hydrogen (secondary N) is 1. The first-order valence-corrected chi connectivity index (χ1v) is 6.97. The Morgan fingerprint density at radius 2 is 1.94 bits per heavy atom. The van der Waals surface area contributed by atoms with Crippen molar-refractivity contribution in [3.05, 3.63) is 35.9 Å². The molecule has 0 fully saturated rings. The van der Waals surface area contributed by atoms with Gasteiger partial charge in [0.15, 0.2) is 0 Å². The van der Waals surface area contributed by atoms with Crippen molar-refractivity contribution < 1.29 is 8.42 Å². The van der Waals surface area contributed by atoms with Gasteiger partial charge in [0.05, 0.1) is 5.75 Å². The Morgan fingerprint density at radius 1 is 1.31 bits per heavy atom. The molecule has 3 N–H and O–H groups in total. The van der Waals surface area contributed by atoms with Crippen molar-refractivity contribution in [2.45, 2.75) is 19.4 Å². The molecule has 0 saturated carbocycles. The maximum absolute atomic E-state index is 10.7. The van der Waals surface area contributed by atoms with Crippen LogP contribution in [0.1, 0.15) is 12.5 Å². The molecule has 1 unspecified atom stereocenters. The first-order chi connectivity index (χ1) is 7.47. The van der Waals surface area contributed by atoms with E-state index >= 15 is 0 Å². The zero-order valence-corrected chi connectivity index (χ0v) is 10.2. The van der Waals surface area contributed by atoms with Gasteiger partial charge in [-0.3, -0.25) is 0 Å². The third-order valence-electron chi connectivity index (χ3n) is 2.26. The van der Waals surface area contributed by atoms with Crippen LogP contribution >= 0.6 is 0 Å². The van der Waals surface area contributed by atoms with E-state index in [1.807, 2.05) is 25.1 Å². The van der Waals surface area contributed by atoms with Crippen LogP contribution in [0.25, 0.3) is 0 Å². The molecule has 1 aromatic rings. The second-order valence-corrected chi connectivity index (χ2v) is 5.65. The van der Waals surface area contributed by atoms with Crippen molar-refractivity contribution in [2.75, 3.05) is 12.3 Å². The van der Waals surface area contributed by atoms with Gasteiger partial charge in [0.2, 0.25) is 10.0 Å². The topological polar surface area (TPSA) is 72.2 Å². The second-order valence-electron chi connectivity index (χ2n) is 3.91. The number of benzene rings is 1. The summed E-state index contributed by atoms with van der Waals surface area (Å²) in [4.78, 5) is 0. The minimum atomic E-state index is -3.36. The van der Waals surface area contributed by atoms with Gasteiger partial charge >= 0.3 is 0 Å². The van der Waals surface area contributed by atoms with Crippen LogP contribution in [0.15, 0.2) is 30.3 Å². The third-order valence-corrected chi connectivity index (χ3v) is 3.04. The van der Waals surface area contributed by atoms with Gasteiger partial charge in [0, 0.05) is 12.6 Å². The van der Waals surface area contributed by atoms with Gasteiger partial charge in [-0.25, -0.2) is 13.6 Å². The van der Waals surface area contributed by atoms with E-state index in [0.717, 1.165) is 6.42 Å². The van der Waals surface area contributed by atoms with Crippen LogP contribution in [-0.2, 0) is 16.4 Å². The molecule has 4 nitrogen and oxygen atoms in total. The van der Waals surface area contributed by atoms with Crippen LogP contribution in [0.3, 0.4) is 0 Å². The fourth-order valence-electron chi connectivity index (χ4n) is 1.49. The van der Waals surface area contributed by atoms with Gasteiger partial charge in [-0.2, -0.15) is 0 Å². The summed E-state index contributed by atoms with van der Waals surface area (Å²) in [5.41, 5.74) is 1.23. The Balaban J connectivity index is 2.29. The molecule has 0 aliphatic heterocycles. The monoisotopic (exact) mass is 242 g/mol. The minimum Gasteiger partial charge on any atom is -0.313 e. The molecule has 1 aromatic carbocycles. The number of rotatable bonds is 6. The van der Waals surface area contributed by atoms with Crippen LogP contribution in [0.5, 0.6) is 0 Å². The predicted molar refractivity (Wildman–Crippen MR) is 65.6 cm³/mol. The fraction of sp³-hybridized carbons (Fsp3) is 0.455. The van der Waals surface area contributed by atoms with Gasteiger partial charge in [-0.15, -0.1) is 0 Å². The second kappa shape index (κ2) is 5.98. The number of sulfonamides is 1. The van der Waals surface area contributed by atoms with Crippen molar-refractivity contribution >= 4 is 10.0 Å². The number of primary sulfonamides is 1. The quantitative estimate of drug-likeness (QED) is 0.763. The molecular weight excluding hydrogens is 224 g/mol. The first-order valence-electron chi connectivity index (χ1n) is 5.25. The lowest BCUT2D eigenvalue weighted by atomic mass is 10.1. The van der Waals surface area contributed by atoms with E-state index in [1.165, 1.54) is 5.56 Å². The standard InChI is InChI=1S/C11H18N2O2S/c1-10(13-7-8-16(12,14)15)9-11-5-3-2-4-6-11/h2-6,10,13H,7-9H2,1H3,(H2,12,14,15). The van der Waals surface area contributed by atoms with E-state index in [0.29, 0.717) is 6.54 Å². The Hall–Kier alpha value is -0.910. The molecule has 5 heteroatoms. The summed E-state index contributed by atoms with van der Waals surface area (Å²) >= 11 is 0. The van der Waals surface area contributed by atoms with Gasteiger partial charge in [-0.05, 0) is 18.9 Å². The maximum atomic E-state index is 10.7. The molecule has 0 radical (unpaired) electrons. The molecule has 0 aliphatic carbocycles. The van der Waals surface area contributed by atoms with Crippen molar-refractivity contribution in [3.8, 4) is 0 Å². The van der Waals surface area contributed by atoms with E-state index in [2.05, 4.69) is 17.4 Å². The average molecular weight is 242 g/mol. The summed E-state index contributed by atoms with van der Waals surface area (Å²) in [6.07, 6.45) is 0.880. The predicted octanol–water partition coefficient (Wildman–Crippen LogP) is 0.496. The number of nitrogens with two attached hydrogens (primary N) is 1. The lowest BCUT2D eigenvalue weighted by Crippen LogP contribution is -2.34. The largest absolute Gasteiger partial charge is 0.313 e. The smallest absolute Gasteiger partial charge is 0.210 e. The van der Waals surface area contributed by atoms with Crippen LogP contribution in [-0.4, -0.2) is 26.8 Å². The third kappa shape index (κ3) is 5.85. The van der Waals surface area contributed by atoms with Crippen molar-refractivity contribution in [2.24, 2.45) is 5.14 Å². The van der Waals surface area contributed by atoms with Crippen LogP contribution in [0, 0.1) is 0 Å². The summed E-state index contributed by atoms with van der Waals surface area (Å²) in [5, 5.41) is 8.03. The molecule has 90 valence electrons. The maximum Gasteiger partial charge on any atom is 0.210 e. The number of hydrogen-bond acceptors (Lipinski definition) is 3. The molecule has 1 rings (SSSR count). The average Bonchev–Trinajstić information content (AvgIpc) is 2.17. The molecule has 0 aromatic heterocycles. The van der Waals surface area contributed by atoms with Crippen molar-refractivity contribution in [1.29, 1.82) is 0 Å². The summed E-state index contributed by atoms with van der Waals surface area (Å²) < 4.78 is 21.4. The fourth-order valence-corrected chi connectivity index (χ4v) is 1.89. The van der Waals surface area contributed by atoms with E-state index < -0.39 is 10.0 Å². The summed E-state index contributed by atoms with van der Waals surface area (Å²) in [5.74, 6) is -0.0217. The van der Waals surface area contributed by atoms with Gasteiger partial charge in [-0.1, -0.05) is 30.3 Å². The molecule has 0 heterocycles. The summed E-state index contributed by atoms with van der Waals surface area (Å²) in [6, 6.07) is 10.3. The minimum absolute atomic E-state index is 0.0217. The Labute approximate surface area is 96.9 Å². The zero-order valence-electron chi connectivity index (χ0n) is 9.39. The molecule has 0 aliphatic rings. The zero-order chi connectivity index (χ0) is 12.0. The Bertz CT molecular complexity index is 403. The Kier molecular flexibility index (Phi) is 4.92. The molecular formula is C11H18N2O2S. The SMILES string of the molecule is CC(Cc1ccccc1)NCCS(N)(=O)=O. The van der Waals surface area contributed by atoms with Gasteiger partial charge in [0.1, 0.15) is 0 Å². The highest BCUT2D eigenvalue weighted by Crippen LogP contribution is 2.02. The lowest BCUT2D eigenvalue weighted by Gasteiger charge is -2.13. The van der Waals surface area contributed by atoms with Crippen LogP contribution in [0.4, 0.5) is 0 Å². The molecule has 1 atom stereocenters. The molecule has 0 spiro atoms. The van der Waals surface area contributed by atoms with E-state index in [1.54, 1.807) is 0 Å². The Morgan fingerprint density at radius 3 is 2.50 bits per heavy atom. The van der Waals surface area contributed by atoms with Gasteiger partial charge in [0.25, 0.3) is 0 Å².